The average Bonchev–Trinajstić information content (AvgIpc) is 2.35. The average molecular weight is 307 g/mol. The second-order valence-corrected chi connectivity index (χ2v) is 6.62. The minimum Gasteiger partial charge on any atom is -0.481 e. The number of hydrogen-bond acceptors (Lipinski definition) is 3. The highest BCUT2D eigenvalue weighted by Gasteiger charge is 2.22. The summed E-state index contributed by atoms with van der Waals surface area (Å²) in [6.07, 6.45) is -0.813. The zero-order valence-corrected chi connectivity index (χ0v) is 13.8. The molecule has 5 heteroatoms. The lowest BCUT2D eigenvalue weighted by Crippen LogP contribution is -2.35. The van der Waals surface area contributed by atoms with E-state index < -0.39 is 23.7 Å². The van der Waals surface area contributed by atoms with Crippen molar-refractivity contribution < 1.29 is 19.4 Å². The summed E-state index contributed by atoms with van der Waals surface area (Å²) in [5.74, 6) is -0.584. The van der Waals surface area contributed by atoms with E-state index >= 15 is 0 Å². The number of carbonyl (C=O) groups excluding carboxylic acids is 1. The van der Waals surface area contributed by atoms with Crippen LogP contribution in [0.3, 0.4) is 0 Å². The largest absolute Gasteiger partial charge is 0.481 e. The SMILES string of the molecule is CC(C)c1ccc([C@H](CC(=O)O)NC(=O)OC(C)(C)C)cc1. The van der Waals surface area contributed by atoms with Crippen LogP contribution in [0, 0.1) is 0 Å². The molecule has 5 nitrogen and oxygen atoms in total. The van der Waals surface area contributed by atoms with Crippen LogP contribution < -0.4 is 5.32 Å². The molecule has 0 aromatic heterocycles. The van der Waals surface area contributed by atoms with Crippen molar-refractivity contribution in [2.75, 3.05) is 0 Å². The number of benzene rings is 1. The lowest BCUT2D eigenvalue weighted by atomic mass is 9.98. The minimum atomic E-state index is -0.978. The molecule has 0 bridgehead atoms. The van der Waals surface area contributed by atoms with Crippen LogP contribution >= 0.6 is 0 Å². The number of carbonyl (C=O) groups is 2. The molecule has 0 radical (unpaired) electrons. The third-order valence-corrected chi connectivity index (χ3v) is 3.08. The number of aliphatic carboxylic acids is 1. The van der Waals surface area contributed by atoms with Gasteiger partial charge in [-0.1, -0.05) is 38.1 Å². The van der Waals surface area contributed by atoms with Gasteiger partial charge in [0.1, 0.15) is 5.60 Å². The summed E-state index contributed by atoms with van der Waals surface area (Å²) in [5.41, 5.74) is 1.28. The van der Waals surface area contributed by atoms with E-state index in [1.165, 1.54) is 0 Å². The summed E-state index contributed by atoms with van der Waals surface area (Å²) in [7, 11) is 0. The molecule has 1 rings (SSSR count). The summed E-state index contributed by atoms with van der Waals surface area (Å²) in [6, 6.07) is 6.98. The topological polar surface area (TPSA) is 75.6 Å². The van der Waals surface area contributed by atoms with E-state index in [0.717, 1.165) is 11.1 Å². The van der Waals surface area contributed by atoms with E-state index in [9.17, 15) is 9.59 Å². The molecule has 1 atom stereocenters. The van der Waals surface area contributed by atoms with Gasteiger partial charge in [-0.25, -0.2) is 4.79 Å². The third kappa shape index (κ3) is 6.16. The first-order chi connectivity index (χ1) is 10.1. The molecule has 2 N–H and O–H groups in total. The monoisotopic (exact) mass is 307 g/mol. The van der Waals surface area contributed by atoms with E-state index in [4.69, 9.17) is 9.84 Å². The quantitative estimate of drug-likeness (QED) is 0.866. The van der Waals surface area contributed by atoms with Gasteiger partial charge in [0.05, 0.1) is 12.5 Å². The standard InChI is InChI=1S/C17H25NO4/c1-11(2)12-6-8-13(9-7-12)14(10-15(19)20)18-16(21)22-17(3,4)5/h6-9,11,14H,10H2,1-5H3,(H,18,21)(H,19,20)/t14-/m0/s1. The number of carboxylic acids is 1. The van der Waals surface area contributed by atoms with Crippen LogP contribution in [0.5, 0.6) is 0 Å². The van der Waals surface area contributed by atoms with Crippen molar-refractivity contribution in [1.82, 2.24) is 5.32 Å². The van der Waals surface area contributed by atoms with E-state index in [0.29, 0.717) is 5.92 Å². The molecule has 22 heavy (non-hydrogen) atoms. The molecule has 1 amide bonds. The van der Waals surface area contributed by atoms with Crippen LogP contribution in [0.2, 0.25) is 0 Å². The summed E-state index contributed by atoms with van der Waals surface area (Å²) in [6.45, 7) is 9.45. The highest BCUT2D eigenvalue weighted by molar-refractivity contribution is 5.72. The normalized spacial score (nSPS) is 12.8. The third-order valence-electron chi connectivity index (χ3n) is 3.08. The Morgan fingerprint density at radius 2 is 1.64 bits per heavy atom. The maximum Gasteiger partial charge on any atom is 0.408 e. The molecule has 0 aliphatic heterocycles. The van der Waals surface area contributed by atoms with Crippen molar-refractivity contribution in [3.8, 4) is 0 Å². The maximum atomic E-state index is 11.9. The molecule has 0 saturated heterocycles. The van der Waals surface area contributed by atoms with Crippen molar-refractivity contribution in [3.63, 3.8) is 0 Å². The zero-order valence-electron chi connectivity index (χ0n) is 13.8. The number of ether oxygens (including phenoxy) is 1. The van der Waals surface area contributed by atoms with Crippen LogP contribution in [0.4, 0.5) is 4.79 Å². The highest BCUT2D eigenvalue weighted by atomic mass is 16.6. The van der Waals surface area contributed by atoms with Crippen molar-refractivity contribution >= 4 is 12.1 Å². The fourth-order valence-corrected chi connectivity index (χ4v) is 1.99. The van der Waals surface area contributed by atoms with Gasteiger partial charge in [-0.15, -0.1) is 0 Å². The van der Waals surface area contributed by atoms with Gasteiger partial charge in [0.15, 0.2) is 0 Å². The van der Waals surface area contributed by atoms with Gasteiger partial charge in [-0.2, -0.15) is 0 Å². The molecule has 0 aliphatic rings. The van der Waals surface area contributed by atoms with Crippen molar-refractivity contribution in [2.45, 2.75) is 58.6 Å². The minimum absolute atomic E-state index is 0.194. The molecular formula is C17H25NO4. The van der Waals surface area contributed by atoms with Crippen LogP contribution in [0.1, 0.15) is 64.1 Å². The summed E-state index contributed by atoms with van der Waals surface area (Å²) < 4.78 is 5.19. The molecule has 0 spiro atoms. The van der Waals surface area contributed by atoms with Gasteiger partial charge in [0, 0.05) is 0 Å². The fourth-order valence-electron chi connectivity index (χ4n) is 1.99. The van der Waals surface area contributed by atoms with Crippen molar-refractivity contribution in [3.05, 3.63) is 35.4 Å². The van der Waals surface area contributed by atoms with Crippen LogP contribution in [0.25, 0.3) is 0 Å². The molecule has 0 aliphatic carbocycles. The van der Waals surface area contributed by atoms with Gasteiger partial charge in [-0.3, -0.25) is 4.79 Å². The first-order valence-corrected chi connectivity index (χ1v) is 7.39. The molecule has 0 fully saturated rings. The molecule has 0 unspecified atom stereocenters. The number of nitrogens with one attached hydrogen (secondary N) is 1. The smallest absolute Gasteiger partial charge is 0.408 e. The van der Waals surface area contributed by atoms with E-state index in [-0.39, 0.29) is 6.42 Å². The van der Waals surface area contributed by atoms with Gasteiger partial charge in [0.25, 0.3) is 0 Å². The Morgan fingerprint density at radius 1 is 1.14 bits per heavy atom. The molecule has 1 aromatic carbocycles. The number of alkyl carbamates (subject to hydrolysis) is 1. The second-order valence-electron chi connectivity index (χ2n) is 6.62. The first-order valence-electron chi connectivity index (χ1n) is 7.39. The van der Waals surface area contributed by atoms with Crippen LogP contribution in [-0.2, 0) is 9.53 Å². The van der Waals surface area contributed by atoms with E-state index in [1.807, 2.05) is 24.3 Å². The Labute approximate surface area is 131 Å². The number of carboxylic acid groups (broad SMARTS) is 1. The summed E-state index contributed by atoms with van der Waals surface area (Å²) >= 11 is 0. The van der Waals surface area contributed by atoms with Gasteiger partial charge < -0.3 is 15.2 Å². The summed E-state index contributed by atoms with van der Waals surface area (Å²) in [5, 5.41) is 11.7. The predicted octanol–water partition coefficient (Wildman–Crippen LogP) is 3.85. The van der Waals surface area contributed by atoms with Gasteiger partial charge in [0.2, 0.25) is 0 Å². The Kier molecular flexibility index (Phi) is 5.97. The van der Waals surface area contributed by atoms with Gasteiger partial charge in [-0.05, 0) is 37.8 Å². The van der Waals surface area contributed by atoms with Gasteiger partial charge >= 0.3 is 12.1 Å². The van der Waals surface area contributed by atoms with Crippen molar-refractivity contribution in [2.24, 2.45) is 0 Å². The molecule has 0 heterocycles. The lowest BCUT2D eigenvalue weighted by Gasteiger charge is -2.23. The molecule has 1 aromatic rings. The number of hydrogen-bond donors (Lipinski definition) is 2. The van der Waals surface area contributed by atoms with E-state index in [2.05, 4.69) is 19.2 Å². The zero-order chi connectivity index (χ0) is 16.9. The van der Waals surface area contributed by atoms with Crippen LogP contribution in [-0.4, -0.2) is 22.8 Å². The first kappa shape index (κ1) is 18.0. The Balaban J connectivity index is 2.88. The van der Waals surface area contributed by atoms with Crippen molar-refractivity contribution in [1.29, 1.82) is 0 Å². The molecular weight excluding hydrogens is 282 g/mol. The Bertz CT molecular complexity index is 514. The number of amides is 1. The second kappa shape index (κ2) is 7.29. The maximum absolute atomic E-state index is 11.9. The molecule has 0 saturated carbocycles. The lowest BCUT2D eigenvalue weighted by molar-refractivity contribution is -0.137. The predicted molar refractivity (Wildman–Crippen MR) is 84.9 cm³/mol. The number of rotatable bonds is 5. The Morgan fingerprint density at radius 3 is 2.05 bits per heavy atom. The van der Waals surface area contributed by atoms with E-state index in [1.54, 1.807) is 20.8 Å². The Hall–Kier alpha value is -2.04. The highest BCUT2D eigenvalue weighted by Crippen LogP contribution is 2.21. The molecule has 122 valence electrons. The summed E-state index contributed by atoms with van der Waals surface area (Å²) in [4.78, 5) is 22.9. The van der Waals surface area contributed by atoms with Crippen LogP contribution in [0.15, 0.2) is 24.3 Å². The fraction of sp³-hybridized carbons (Fsp3) is 0.529.